The van der Waals surface area contributed by atoms with Crippen molar-refractivity contribution in [2.75, 3.05) is 0 Å². The number of carbonyl (C=O) groups is 1. The highest BCUT2D eigenvalue weighted by atomic mass is 16.1. The molecule has 0 radical (unpaired) electrons. The molecule has 0 aliphatic carbocycles. The van der Waals surface area contributed by atoms with E-state index in [0.717, 1.165) is 22.2 Å². The number of ketones is 1. The summed E-state index contributed by atoms with van der Waals surface area (Å²) in [4.78, 5) is 25.6. The predicted octanol–water partition coefficient (Wildman–Crippen LogP) is 3.76. The van der Waals surface area contributed by atoms with Crippen molar-refractivity contribution in [2.45, 2.75) is 13.3 Å². The molecule has 4 aromatic rings. The number of Topliss-reactive ketones (excluding diaryl/α,β-unsaturated/α-hetero) is 1. The second kappa shape index (κ2) is 6.52. The number of benzene rings is 2. The molecule has 0 unspecified atom stereocenters. The van der Waals surface area contributed by atoms with E-state index in [1.54, 1.807) is 18.7 Å². The van der Waals surface area contributed by atoms with E-state index in [4.69, 9.17) is 4.11 Å². The van der Waals surface area contributed by atoms with Crippen LogP contribution in [0, 0.1) is 6.85 Å². The molecule has 4 rings (SSSR count). The van der Waals surface area contributed by atoms with Gasteiger partial charge in [0.15, 0.2) is 5.78 Å². The van der Waals surface area contributed by atoms with Crippen LogP contribution in [0.15, 0.2) is 61.2 Å². The number of nitrogens with zero attached hydrogens (tertiary/aromatic N) is 4. The van der Waals surface area contributed by atoms with E-state index >= 15 is 0 Å². The minimum Gasteiger partial charge on any atom is -0.334 e. The number of aryl methyl sites for hydroxylation is 2. The normalized spacial score (nSPS) is 13.2. The van der Waals surface area contributed by atoms with Gasteiger partial charge in [0, 0.05) is 33.9 Å². The minimum atomic E-state index is -2.19. The van der Waals surface area contributed by atoms with Gasteiger partial charge in [-0.2, -0.15) is 0 Å². The van der Waals surface area contributed by atoms with E-state index in [0.29, 0.717) is 11.4 Å². The first kappa shape index (κ1) is 12.9. The van der Waals surface area contributed by atoms with Gasteiger partial charge in [-0.15, -0.1) is 0 Å². The lowest BCUT2D eigenvalue weighted by atomic mass is 10.1. The summed E-state index contributed by atoms with van der Waals surface area (Å²) in [5.41, 5.74) is 3.34. The smallest absolute Gasteiger partial charge is 0.170 e. The molecule has 5 heteroatoms. The number of carbonyl (C=O) groups excluding carboxylic acids is 1. The summed E-state index contributed by atoms with van der Waals surface area (Å²) in [6, 6.07) is 11.9. The molecule has 0 aliphatic heterocycles. The Morgan fingerprint density at radius 3 is 2.73 bits per heavy atom. The van der Waals surface area contributed by atoms with Crippen LogP contribution in [0.2, 0.25) is 0 Å². The molecule has 5 nitrogen and oxygen atoms in total. The summed E-state index contributed by atoms with van der Waals surface area (Å²) in [7, 11) is 1.92. The molecular formula is C21H18N4O. The van der Waals surface area contributed by atoms with Gasteiger partial charge in [0.2, 0.25) is 0 Å². The van der Waals surface area contributed by atoms with E-state index in [9.17, 15) is 4.79 Å². The molecular weight excluding hydrogens is 324 g/mol. The first-order valence-corrected chi connectivity index (χ1v) is 8.17. The third-order valence-electron chi connectivity index (χ3n) is 4.27. The molecule has 0 atom stereocenters. The molecule has 0 spiro atoms. The maximum atomic E-state index is 12.6. The third kappa shape index (κ3) is 3.11. The Labute approximate surface area is 155 Å². The second-order valence-electron chi connectivity index (χ2n) is 6.13. The molecule has 128 valence electrons. The van der Waals surface area contributed by atoms with Crippen LogP contribution in [-0.4, -0.2) is 25.3 Å². The minimum absolute atomic E-state index is 0.0407. The van der Waals surface area contributed by atoms with Gasteiger partial charge in [0.25, 0.3) is 0 Å². The van der Waals surface area contributed by atoms with Crippen molar-refractivity contribution in [3.63, 3.8) is 0 Å². The summed E-state index contributed by atoms with van der Waals surface area (Å²) >= 11 is 0. The highest BCUT2D eigenvalue weighted by Crippen LogP contribution is 2.22. The third-order valence-corrected chi connectivity index (χ3v) is 4.27. The lowest BCUT2D eigenvalue weighted by Crippen LogP contribution is -2.07. The standard InChI is InChI=1S/C21H18N4O/c1-14-3-5-15(6-4-14)20(26)10-21-23-11-17-8-7-16(9-18(17)24-21)19-12-22-13-25(19)2/h3-9,11-13H,10H2,1-2H3/i1D3. The zero-order valence-corrected chi connectivity index (χ0v) is 14.2. The average molecular weight is 345 g/mol. The fraction of sp³-hybridized carbons (Fsp3) is 0.143. The van der Waals surface area contributed by atoms with Crippen molar-refractivity contribution in [3.8, 4) is 11.3 Å². The maximum absolute atomic E-state index is 12.6. The van der Waals surface area contributed by atoms with Gasteiger partial charge in [-0.25, -0.2) is 15.0 Å². The fourth-order valence-corrected chi connectivity index (χ4v) is 2.84. The van der Waals surface area contributed by atoms with E-state index in [2.05, 4.69) is 15.0 Å². The number of hydrogen-bond donors (Lipinski definition) is 0. The number of hydrogen-bond acceptors (Lipinski definition) is 4. The van der Waals surface area contributed by atoms with Crippen LogP contribution in [0.1, 0.15) is 25.9 Å². The summed E-state index contributed by atoms with van der Waals surface area (Å²) < 4.78 is 24.2. The SMILES string of the molecule is [2H]C([2H])([2H])c1ccc(C(=O)Cc2ncc3ccc(-c4cncn4C)cc3n2)cc1. The molecule has 2 aromatic heterocycles. The Kier molecular flexibility index (Phi) is 3.24. The molecule has 2 aromatic carbocycles. The zero-order chi connectivity index (χ0) is 20.6. The van der Waals surface area contributed by atoms with Gasteiger partial charge < -0.3 is 4.57 Å². The summed E-state index contributed by atoms with van der Waals surface area (Å²) in [6.45, 7) is -2.19. The molecule has 0 saturated carbocycles. The highest BCUT2D eigenvalue weighted by Gasteiger charge is 2.11. The van der Waals surface area contributed by atoms with Crippen molar-refractivity contribution in [1.82, 2.24) is 19.5 Å². The van der Waals surface area contributed by atoms with Crippen LogP contribution in [-0.2, 0) is 13.5 Å². The predicted molar refractivity (Wildman–Crippen MR) is 101 cm³/mol. The molecule has 2 heterocycles. The van der Waals surface area contributed by atoms with Crippen molar-refractivity contribution in [3.05, 3.63) is 78.1 Å². The van der Waals surface area contributed by atoms with Crippen molar-refractivity contribution >= 4 is 16.7 Å². The summed E-state index contributed by atoms with van der Waals surface area (Å²) in [5.74, 6) is 0.258. The average Bonchev–Trinajstić information content (AvgIpc) is 3.13. The summed E-state index contributed by atoms with van der Waals surface area (Å²) in [6.07, 6.45) is 5.27. The molecule has 26 heavy (non-hydrogen) atoms. The van der Waals surface area contributed by atoms with Crippen LogP contribution in [0.4, 0.5) is 0 Å². The van der Waals surface area contributed by atoms with E-state index in [1.807, 2.05) is 29.8 Å². The van der Waals surface area contributed by atoms with Crippen molar-refractivity contribution < 1.29 is 8.91 Å². The Hall–Kier alpha value is -3.34. The van der Waals surface area contributed by atoms with Crippen molar-refractivity contribution in [2.24, 2.45) is 7.05 Å². The molecule has 0 amide bonds. The Morgan fingerprint density at radius 1 is 1.15 bits per heavy atom. The maximum Gasteiger partial charge on any atom is 0.170 e. The van der Waals surface area contributed by atoms with E-state index in [1.165, 1.54) is 24.3 Å². The highest BCUT2D eigenvalue weighted by molar-refractivity contribution is 5.97. The molecule has 0 bridgehead atoms. The largest absolute Gasteiger partial charge is 0.334 e. The molecule has 0 saturated heterocycles. The van der Waals surface area contributed by atoms with Gasteiger partial charge in [0.1, 0.15) is 5.82 Å². The van der Waals surface area contributed by atoms with Crippen LogP contribution in [0.25, 0.3) is 22.2 Å². The van der Waals surface area contributed by atoms with Crippen molar-refractivity contribution in [1.29, 1.82) is 0 Å². The topological polar surface area (TPSA) is 60.7 Å². The lowest BCUT2D eigenvalue weighted by Gasteiger charge is -2.06. The van der Waals surface area contributed by atoms with Gasteiger partial charge in [0.05, 0.1) is 30.2 Å². The Morgan fingerprint density at radius 2 is 2.00 bits per heavy atom. The monoisotopic (exact) mass is 345 g/mol. The Bertz CT molecular complexity index is 1200. The van der Waals surface area contributed by atoms with Crippen LogP contribution >= 0.6 is 0 Å². The van der Waals surface area contributed by atoms with Gasteiger partial charge in [-0.1, -0.05) is 42.0 Å². The second-order valence-corrected chi connectivity index (χ2v) is 6.13. The van der Waals surface area contributed by atoms with Gasteiger partial charge in [-0.05, 0) is 12.9 Å². The summed E-state index contributed by atoms with van der Waals surface area (Å²) in [5, 5.41) is 0.883. The quantitative estimate of drug-likeness (QED) is 0.528. The lowest BCUT2D eigenvalue weighted by molar-refractivity contribution is 0.0991. The number of aromatic nitrogens is 4. The van der Waals surface area contributed by atoms with Gasteiger partial charge in [-0.3, -0.25) is 4.79 Å². The molecule has 0 fully saturated rings. The number of fused-ring (bicyclic) bond motifs is 1. The number of imidazole rings is 1. The first-order valence-electron chi connectivity index (χ1n) is 9.67. The van der Waals surface area contributed by atoms with E-state index in [-0.39, 0.29) is 17.8 Å². The zero-order valence-electron chi connectivity index (χ0n) is 17.2. The molecule has 0 aliphatic rings. The first-order chi connectivity index (χ1) is 13.8. The fourth-order valence-electron chi connectivity index (χ4n) is 2.84. The van der Waals surface area contributed by atoms with Gasteiger partial charge >= 0.3 is 0 Å². The number of rotatable bonds is 4. The van der Waals surface area contributed by atoms with Crippen LogP contribution in [0.5, 0.6) is 0 Å². The van der Waals surface area contributed by atoms with E-state index < -0.39 is 6.85 Å². The van der Waals surface area contributed by atoms with Crippen LogP contribution < -0.4 is 0 Å². The molecule has 0 N–H and O–H groups in total. The van der Waals surface area contributed by atoms with Crippen LogP contribution in [0.3, 0.4) is 0 Å². The Balaban J connectivity index is 1.59.